The molecular weight excluding hydrogens is 232 g/mol. The second kappa shape index (κ2) is 5.95. The van der Waals surface area contributed by atoms with Gasteiger partial charge in [0.05, 0.1) is 0 Å². The molecule has 0 amide bonds. The molecule has 1 saturated carbocycles. The van der Waals surface area contributed by atoms with E-state index in [9.17, 15) is 8.78 Å². The van der Waals surface area contributed by atoms with Gasteiger partial charge in [-0.2, -0.15) is 4.39 Å². The van der Waals surface area contributed by atoms with E-state index >= 15 is 0 Å². The van der Waals surface area contributed by atoms with Crippen molar-refractivity contribution >= 4 is 0 Å². The SMILES string of the molecule is CC[C@H]1CC[C@H](C#Cc2cnc(F)c(F)c2)CC1. The van der Waals surface area contributed by atoms with E-state index in [1.165, 1.54) is 25.5 Å². The molecule has 0 N–H and O–H groups in total. The molecule has 1 heterocycles. The van der Waals surface area contributed by atoms with Crippen molar-refractivity contribution in [2.24, 2.45) is 11.8 Å². The summed E-state index contributed by atoms with van der Waals surface area (Å²) in [6.45, 7) is 2.23. The van der Waals surface area contributed by atoms with Gasteiger partial charge in [0.25, 0.3) is 0 Å². The van der Waals surface area contributed by atoms with Gasteiger partial charge in [0, 0.05) is 17.7 Å². The van der Waals surface area contributed by atoms with Gasteiger partial charge in [-0.25, -0.2) is 9.37 Å². The van der Waals surface area contributed by atoms with Crippen LogP contribution in [0.25, 0.3) is 0 Å². The Hall–Kier alpha value is -1.43. The Labute approximate surface area is 107 Å². The standard InChI is InChI=1S/C15H17F2N/c1-2-11-3-5-12(6-4-11)7-8-13-9-14(16)15(17)18-10-13/h9-12H,2-6H2,1H3/t11-,12-. The van der Waals surface area contributed by atoms with Gasteiger partial charge in [-0.3, -0.25) is 0 Å². The molecule has 2 rings (SSSR count). The molecule has 0 aliphatic heterocycles. The average Bonchev–Trinajstić information content (AvgIpc) is 2.41. The lowest BCUT2D eigenvalue weighted by molar-refractivity contribution is 0.309. The van der Waals surface area contributed by atoms with E-state index in [4.69, 9.17) is 0 Å². The Morgan fingerprint density at radius 2 is 2.00 bits per heavy atom. The third-order valence-corrected chi connectivity index (χ3v) is 3.64. The first-order valence-corrected chi connectivity index (χ1v) is 6.51. The number of nitrogens with zero attached hydrogens (tertiary/aromatic N) is 1. The van der Waals surface area contributed by atoms with Gasteiger partial charge in [0.1, 0.15) is 0 Å². The highest BCUT2D eigenvalue weighted by atomic mass is 19.2. The zero-order chi connectivity index (χ0) is 13.0. The highest BCUT2D eigenvalue weighted by Crippen LogP contribution is 2.30. The second-order valence-electron chi connectivity index (χ2n) is 4.89. The van der Waals surface area contributed by atoms with Gasteiger partial charge in [0.2, 0.25) is 5.95 Å². The summed E-state index contributed by atoms with van der Waals surface area (Å²) in [7, 11) is 0. The second-order valence-corrected chi connectivity index (χ2v) is 4.89. The zero-order valence-electron chi connectivity index (χ0n) is 10.5. The molecule has 0 saturated heterocycles. The predicted octanol–water partition coefficient (Wildman–Crippen LogP) is 3.93. The summed E-state index contributed by atoms with van der Waals surface area (Å²) in [6.07, 6.45) is 7.21. The highest BCUT2D eigenvalue weighted by molar-refractivity contribution is 5.32. The molecule has 0 bridgehead atoms. The van der Waals surface area contributed by atoms with Crippen molar-refractivity contribution in [3.05, 3.63) is 29.6 Å². The number of aromatic nitrogens is 1. The normalized spacial score (nSPS) is 23.3. The van der Waals surface area contributed by atoms with Gasteiger partial charge >= 0.3 is 0 Å². The number of pyridine rings is 1. The van der Waals surface area contributed by atoms with Gasteiger partial charge in [-0.15, -0.1) is 0 Å². The fourth-order valence-corrected chi connectivity index (χ4v) is 2.39. The summed E-state index contributed by atoms with van der Waals surface area (Å²) in [5.41, 5.74) is 0.450. The molecule has 0 unspecified atom stereocenters. The van der Waals surface area contributed by atoms with Gasteiger partial charge in [-0.1, -0.05) is 25.2 Å². The van der Waals surface area contributed by atoms with Crippen LogP contribution in [0.4, 0.5) is 8.78 Å². The van der Waals surface area contributed by atoms with Crippen molar-refractivity contribution in [1.82, 2.24) is 4.98 Å². The van der Waals surface area contributed by atoms with Gasteiger partial charge in [-0.05, 0) is 37.7 Å². The van der Waals surface area contributed by atoms with Crippen molar-refractivity contribution in [2.75, 3.05) is 0 Å². The first-order valence-electron chi connectivity index (χ1n) is 6.51. The number of rotatable bonds is 1. The Balaban J connectivity index is 1.98. The summed E-state index contributed by atoms with van der Waals surface area (Å²) in [5, 5.41) is 0. The maximum Gasteiger partial charge on any atom is 0.248 e. The average molecular weight is 249 g/mol. The van der Waals surface area contributed by atoms with Crippen LogP contribution in [0, 0.1) is 35.4 Å². The molecule has 0 radical (unpaired) electrons. The van der Waals surface area contributed by atoms with Crippen LogP contribution in [-0.2, 0) is 0 Å². The molecule has 1 nitrogen and oxygen atoms in total. The van der Waals surface area contributed by atoms with E-state index in [-0.39, 0.29) is 0 Å². The minimum atomic E-state index is -1.07. The molecule has 1 aromatic rings. The zero-order valence-corrected chi connectivity index (χ0v) is 10.5. The summed E-state index contributed by atoms with van der Waals surface area (Å²) in [6, 6.07) is 1.10. The monoisotopic (exact) mass is 249 g/mol. The smallest absolute Gasteiger partial charge is 0.224 e. The van der Waals surface area contributed by atoms with E-state index in [1.54, 1.807) is 0 Å². The third kappa shape index (κ3) is 3.29. The molecule has 1 aliphatic carbocycles. The van der Waals surface area contributed by atoms with E-state index < -0.39 is 11.8 Å². The lowest BCUT2D eigenvalue weighted by Gasteiger charge is -2.24. The van der Waals surface area contributed by atoms with Crippen LogP contribution in [0.15, 0.2) is 12.3 Å². The quantitative estimate of drug-likeness (QED) is 0.543. The summed E-state index contributed by atoms with van der Waals surface area (Å²) >= 11 is 0. The van der Waals surface area contributed by atoms with E-state index in [2.05, 4.69) is 23.7 Å². The maximum absolute atomic E-state index is 12.9. The molecule has 3 heteroatoms. The lowest BCUT2D eigenvalue weighted by Crippen LogP contribution is -2.12. The first-order chi connectivity index (χ1) is 8.69. The van der Waals surface area contributed by atoms with Crippen molar-refractivity contribution in [2.45, 2.75) is 39.0 Å². The van der Waals surface area contributed by atoms with Crippen LogP contribution >= 0.6 is 0 Å². The summed E-state index contributed by atoms with van der Waals surface area (Å²) in [4.78, 5) is 3.32. The fourth-order valence-electron chi connectivity index (χ4n) is 2.39. The van der Waals surface area contributed by atoms with Crippen molar-refractivity contribution in [3.8, 4) is 11.8 Å². The largest absolute Gasteiger partial charge is 0.248 e. The van der Waals surface area contributed by atoms with Crippen LogP contribution in [0.5, 0.6) is 0 Å². The molecule has 1 fully saturated rings. The van der Waals surface area contributed by atoms with Crippen LogP contribution in [-0.4, -0.2) is 4.98 Å². The summed E-state index contributed by atoms with van der Waals surface area (Å²) in [5.74, 6) is 5.28. The first kappa shape index (κ1) is 13.0. The minimum absolute atomic E-state index is 0.390. The maximum atomic E-state index is 12.9. The lowest BCUT2D eigenvalue weighted by atomic mass is 9.81. The van der Waals surface area contributed by atoms with Crippen LogP contribution < -0.4 is 0 Å². The number of halogens is 2. The van der Waals surface area contributed by atoms with Crippen molar-refractivity contribution in [1.29, 1.82) is 0 Å². The topological polar surface area (TPSA) is 12.9 Å². The molecule has 1 aromatic heterocycles. The van der Waals surface area contributed by atoms with Gasteiger partial charge in [0.15, 0.2) is 5.82 Å². The third-order valence-electron chi connectivity index (χ3n) is 3.64. The molecule has 0 aromatic carbocycles. The molecule has 1 aliphatic rings. The number of hydrogen-bond donors (Lipinski definition) is 0. The van der Waals surface area contributed by atoms with Crippen LogP contribution in [0.3, 0.4) is 0 Å². The molecule has 18 heavy (non-hydrogen) atoms. The Morgan fingerprint density at radius 1 is 1.28 bits per heavy atom. The van der Waals surface area contributed by atoms with E-state index in [0.29, 0.717) is 11.5 Å². The molecule has 0 atom stereocenters. The number of hydrogen-bond acceptors (Lipinski definition) is 1. The van der Waals surface area contributed by atoms with Crippen molar-refractivity contribution < 1.29 is 8.78 Å². The Kier molecular flexibility index (Phi) is 4.30. The van der Waals surface area contributed by atoms with Gasteiger partial charge < -0.3 is 0 Å². The highest BCUT2D eigenvalue weighted by Gasteiger charge is 2.18. The summed E-state index contributed by atoms with van der Waals surface area (Å²) < 4.78 is 25.6. The van der Waals surface area contributed by atoms with E-state index in [1.807, 2.05) is 0 Å². The Morgan fingerprint density at radius 3 is 2.61 bits per heavy atom. The molecular formula is C15H17F2N. The van der Waals surface area contributed by atoms with Crippen LogP contribution in [0.2, 0.25) is 0 Å². The van der Waals surface area contributed by atoms with Crippen LogP contribution in [0.1, 0.15) is 44.6 Å². The van der Waals surface area contributed by atoms with Crippen molar-refractivity contribution in [3.63, 3.8) is 0 Å². The fraction of sp³-hybridized carbons (Fsp3) is 0.533. The molecule has 0 spiro atoms. The van der Waals surface area contributed by atoms with E-state index in [0.717, 1.165) is 24.8 Å². The Bertz CT molecular complexity index is 465. The molecule has 96 valence electrons. The predicted molar refractivity (Wildman–Crippen MR) is 66.8 cm³/mol. The minimum Gasteiger partial charge on any atom is -0.224 e.